The van der Waals surface area contributed by atoms with Crippen LogP contribution in [0, 0.1) is 11.3 Å². The summed E-state index contributed by atoms with van der Waals surface area (Å²) in [5.74, 6) is -0.104. The maximum Gasteiger partial charge on any atom is 0.417 e. The molecule has 0 N–H and O–H groups in total. The van der Waals surface area contributed by atoms with Gasteiger partial charge in [-0.15, -0.1) is 11.3 Å². The molecule has 1 aliphatic heterocycles. The van der Waals surface area contributed by atoms with Gasteiger partial charge in [-0.25, -0.2) is 0 Å². The van der Waals surface area contributed by atoms with E-state index >= 15 is 0 Å². The van der Waals surface area contributed by atoms with E-state index in [0.29, 0.717) is 30.2 Å². The average Bonchev–Trinajstić information content (AvgIpc) is 3.21. The van der Waals surface area contributed by atoms with E-state index in [9.17, 15) is 18.0 Å². The molecule has 28 heavy (non-hydrogen) atoms. The molecule has 148 valence electrons. The number of nitrogens with zero attached hydrogens (tertiary/aromatic N) is 3. The Bertz CT molecular complexity index is 878. The highest BCUT2D eigenvalue weighted by Gasteiger charge is 2.36. The first-order valence-corrected chi connectivity index (χ1v) is 9.43. The highest BCUT2D eigenvalue weighted by Crippen LogP contribution is 2.35. The normalized spacial score (nSPS) is 17.5. The van der Waals surface area contributed by atoms with Crippen molar-refractivity contribution in [3.8, 4) is 6.07 Å². The number of hydrogen-bond acceptors (Lipinski definition) is 5. The predicted octanol–water partition coefficient (Wildman–Crippen LogP) is 3.62. The number of nitriles is 1. The maximum absolute atomic E-state index is 13.3. The predicted molar refractivity (Wildman–Crippen MR) is 99.4 cm³/mol. The summed E-state index contributed by atoms with van der Waals surface area (Å²) < 4.78 is 45.0. The third-order valence-electron chi connectivity index (χ3n) is 4.63. The number of ether oxygens (including phenoxy) is 1. The summed E-state index contributed by atoms with van der Waals surface area (Å²) in [6, 6.07) is 8.54. The second-order valence-corrected chi connectivity index (χ2v) is 7.32. The average molecular weight is 409 g/mol. The minimum atomic E-state index is -4.61. The molecular formula is C19H18F3N3O2S. The molecule has 2 aromatic rings. The highest BCUT2D eigenvalue weighted by atomic mass is 32.1. The van der Waals surface area contributed by atoms with E-state index < -0.39 is 17.3 Å². The van der Waals surface area contributed by atoms with Crippen LogP contribution in [0.15, 0.2) is 35.7 Å². The minimum Gasteiger partial charge on any atom is -0.382 e. The molecular weight excluding hydrogens is 391 g/mol. The van der Waals surface area contributed by atoms with Crippen LogP contribution < -0.4 is 4.90 Å². The molecule has 1 saturated heterocycles. The molecule has 1 amide bonds. The Balaban J connectivity index is 1.84. The molecule has 9 heteroatoms. The summed E-state index contributed by atoms with van der Waals surface area (Å²) in [7, 11) is 1.52. The molecule has 1 atom stereocenters. The fourth-order valence-electron chi connectivity index (χ4n) is 3.29. The van der Waals surface area contributed by atoms with E-state index in [4.69, 9.17) is 10.00 Å². The SMILES string of the molecule is COCC1CN(c2ccc(C#N)c(C(F)(F)F)c2)CCN1C(=O)c1cccs1. The van der Waals surface area contributed by atoms with Crippen LogP contribution in [0.2, 0.25) is 0 Å². The summed E-state index contributed by atoms with van der Waals surface area (Å²) in [6.45, 7) is 1.37. The van der Waals surface area contributed by atoms with Crippen molar-refractivity contribution in [3.63, 3.8) is 0 Å². The van der Waals surface area contributed by atoms with E-state index in [1.807, 2.05) is 5.38 Å². The molecule has 0 bridgehead atoms. The summed E-state index contributed by atoms with van der Waals surface area (Å²) in [5, 5.41) is 10.8. The molecule has 1 aromatic heterocycles. The lowest BCUT2D eigenvalue weighted by Gasteiger charge is -2.42. The molecule has 0 spiro atoms. The summed E-state index contributed by atoms with van der Waals surface area (Å²) in [6.07, 6.45) is -4.61. The Morgan fingerprint density at radius 2 is 2.14 bits per heavy atom. The maximum atomic E-state index is 13.3. The van der Waals surface area contributed by atoms with Crippen LogP contribution in [0.5, 0.6) is 0 Å². The summed E-state index contributed by atoms with van der Waals surface area (Å²) >= 11 is 1.35. The van der Waals surface area contributed by atoms with E-state index in [-0.39, 0.29) is 18.6 Å². The van der Waals surface area contributed by atoms with Crippen LogP contribution in [0.3, 0.4) is 0 Å². The van der Waals surface area contributed by atoms with E-state index in [1.54, 1.807) is 28.0 Å². The van der Waals surface area contributed by atoms with E-state index in [1.165, 1.54) is 30.6 Å². The smallest absolute Gasteiger partial charge is 0.382 e. The molecule has 3 rings (SSSR count). The summed E-state index contributed by atoms with van der Waals surface area (Å²) in [4.78, 5) is 16.9. The lowest BCUT2D eigenvalue weighted by atomic mass is 10.0. The van der Waals surface area contributed by atoms with Crippen LogP contribution >= 0.6 is 11.3 Å². The molecule has 2 heterocycles. The van der Waals surface area contributed by atoms with Crippen molar-refractivity contribution in [2.75, 3.05) is 38.3 Å². The number of amides is 1. The van der Waals surface area contributed by atoms with Crippen LogP contribution in [-0.2, 0) is 10.9 Å². The van der Waals surface area contributed by atoms with Gasteiger partial charge < -0.3 is 14.5 Å². The number of rotatable bonds is 4. The zero-order valence-corrected chi connectivity index (χ0v) is 15.9. The van der Waals surface area contributed by atoms with Crippen molar-refractivity contribution in [2.24, 2.45) is 0 Å². The number of benzene rings is 1. The van der Waals surface area contributed by atoms with Gasteiger partial charge in [0.05, 0.1) is 34.7 Å². The minimum absolute atomic E-state index is 0.104. The molecule has 5 nitrogen and oxygen atoms in total. The van der Waals surface area contributed by atoms with Crippen LogP contribution in [0.25, 0.3) is 0 Å². The van der Waals surface area contributed by atoms with Crippen LogP contribution in [-0.4, -0.2) is 50.2 Å². The Morgan fingerprint density at radius 3 is 2.75 bits per heavy atom. The van der Waals surface area contributed by atoms with Crippen molar-refractivity contribution in [1.29, 1.82) is 5.26 Å². The van der Waals surface area contributed by atoms with Crippen molar-refractivity contribution in [3.05, 3.63) is 51.7 Å². The number of thiophene rings is 1. The first-order chi connectivity index (χ1) is 13.3. The lowest BCUT2D eigenvalue weighted by molar-refractivity contribution is -0.137. The number of piperazine rings is 1. The largest absolute Gasteiger partial charge is 0.417 e. The Hall–Kier alpha value is -2.57. The molecule has 0 radical (unpaired) electrons. The molecule has 1 aliphatic rings. The number of halogens is 3. The van der Waals surface area contributed by atoms with Gasteiger partial charge in [0.1, 0.15) is 0 Å². The second kappa shape index (κ2) is 8.20. The van der Waals surface area contributed by atoms with E-state index in [2.05, 4.69) is 0 Å². The molecule has 1 unspecified atom stereocenters. The van der Waals surface area contributed by atoms with Gasteiger partial charge in [0, 0.05) is 32.4 Å². The third-order valence-corrected chi connectivity index (χ3v) is 5.49. The summed E-state index contributed by atoms with van der Waals surface area (Å²) in [5.41, 5.74) is -0.986. The monoisotopic (exact) mass is 409 g/mol. The van der Waals surface area contributed by atoms with Gasteiger partial charge in [-0.2, -0.15) is 18.4 Å². The quantitative estimate of drug-likeness (QED) is 0.774. The molecule has 0 saturated carbocycles. The Kier molecular flexibility index (Phi) is 5.91. The first kappa shape index (κ1) is 20.2. The standard InChI is InChI=1S/C19H18F3N3O2S/c1-27-12-15-11-24(6-7-25(15)18(26)17-3-2-8-28-17)14-5-4-13(10-23)16(9-14)19(20,21)22/h2-5,8-9,15H,6-7,11-12H2,1H3. The zero-order valence-electron chi connectivity index (χ0n) is 15.1. The zero-order chi connectivity index (χ0) is 20.3. The molecule has 1 aromatic carbocycles. The number of methoxy groups -OCH3 is 1. The van der Waals surface area contributed by atoms with Gasteiger partial charge in [-0.05, 0) is 29.6 Å². The Morgan fingerprint density at radius 1 is 1.36 bits per heavy atom. The van der Waals surface area contributed by atoms with Crippen LogP contribution in [0.4, 0.5) is 18.9 Å². The topological polar surface area (TPSA) is 56.6 Å². The first-order valence-electron chi connectivity index (χ1n) is 8.55. The number of alkyl halides is 3. The number of hydrogen-bond donors (Lipinski definition) is 0. The van der Waals surface area contributed by atoms with Gasteiger partial charge >= 0.3 is 6.18 Å². The van der Waals surface area contributed by atoms with Gasteiger partial charge in [0.25, 0.3) is 5.91 Å². The lowest BCUT2D eigenvalue weighted by Crippen LogP contribution is -2.57. The number of carbonyl (C=O) groups is 1. The third kappa shape index (κ3) is 4.13. The number of carbonyl (C=O) groups excluding carboxylic acids is 1. The molecule has 0 aliphatic carbocycles. The fraction of sp³-hybridized carbons (Fsp3) is 0.368. The van der Waals surface area contributed by atoms with Crippen molar-refractivity contribution >= 4 is 22.9 Å². The number of anilines is 1. The van der Waals surface area contributed by atoms with Crippen molar-refractivity contribution in [2.45, 2.75) is 12.2 Å². The van der Waals surface area contributed by atoms with Crippen molar-refractivity contribution in [1.82, 2.24) is 4.90 Å². The van der Waals surface area contributed by atoms with E-state index in [0.717, 1.165) is 6.07 Å². The fourth-order valence-corrected chi connectivity index (χ4v) is 3.97. The van der Waals surface area contributed by atoms with Crippen molar-refractivity contribution < 1.29 is 22.7 Å². The Labute approximate surface area is 164 Å². The van der Waals surface area contributed by atoms with Gasteiger partial charge in [-0.3, -0.25) is 4.79 Å². The van der Waals surface area contributed by atoms with Gasteiger partial charge in [-0.1, -0.05) is 6.07 Å². The van der Waals surface area contributed by atoms with Gasteiger partial charge in [0.15, 0.2) is 0 Å². The second-order valence-electron chi connectivity index (χ2n) is 6.37. The molecule has 1 fully saturated rings. The van der Waals surface area contributed by atoms with Crippen LogP contribution in [0.1, 0.15) is 20.8 Å². The van der Waals surface area contributed by atoms with Gasteiger partial charge in [0.2, 0.25) is 0 Å². The highest BCUT2D eigenvalue weighted by molar-refractivity contribution is 7.12.